The van der Waals surface area contributed by atoms with Crippen LogP contribution in [0.5, 0.6) is 11.5 Å². The van der Waals surface area contributed by atoms with Gasteiger partial charge in [-0.1, -0.05) is 17.7 Å². The summed E-state index contributed by atoms with van der Waals surface area (Å²) in [6.07, 6.45) is 1.63. The van der Waals surface area contributed by atoms with Crippen molar-refractivity contribution in [3.8, 4) is 17.2 Å². The number of benzene rings is 2. The fourth-order valence-electron chi connectivity index (χ4n) is 3.20. The normalized spacial score (nSPS) is 11.0. The van der Waals surface area contributed by atoms with Gasteiger partial charge in [-0.2, -0.15) is 5.10 Å². The smallest absolute Gasteiger partial charge is 0.271 e. The first-order valence-electron chi connectivity index (χ1n) is 9.36. The van der Waals surface area contributed by atoms with Gasteiger partial charge in [0.1, 0.15) is 11.5 Å². The minimum atomic E-state index is -0.359. The molecule has 1 N–H and O–H groups in total. The number of methoxy groups -OCH3 is 2. The number of aryl methyl sites for hydroxylation is 2. The third kappa shape index (κ3) is 4.49. The van der Waals surface area contributed by atoms with Crippen LogP contribution in [-0.4, -0.2) is 30.9 Å². The van der Waals surface area contributed by atoms with Gasteiger partial charge in [0, 0.05) is 39.3 Å². The van der Waals surface area contributed by atoms with Crippen LogP contribution >= 0.6 is 11.6 Å². The summed E-state index contributed by atoms with van der Waals surface area (Å²) in [6.45, 7) is 5.98. The van der Waals surface area contributed by atoms with E-state index in [2.05, 4.69) is 15.1 Å². The second-order valence-electron chi connectivity index (χ2n) is 6.90. The molecule has 1 aromatic heterocycles. The van der Waals surface area contributed by atoms with Crippen LogP contribution in [0.3, 0.4) is 0 Å². The molecule has 6 nitrogen and oxygen atoms in total. The van der Waals surface area contributed by atoms with Crippen molar-refractivity contribution in [2.24, 2.45) is 5.10 Å². The topological polar surface area (TPSA) is 64.8 Å². The minimum absolute atomic E-state index is 0.359. The van der Waals surface area contributed by atoms with Gasteiger partial charge in [-0.25, -0.2) is 5.43 Å². The number of carbonyl (C=O) groups excluding carboxylic acids is 1. The molecule has 0 atom stereocenters. The fourth-order valence-corrected chi connectivity index (χ4v) is 3.37. The highest BCUT2D eigenvalue weighted by Gasteiger charge is 2.12. The number of amides is 1. The number of ether oxygens (including phenoxy) is 2. The molecule has 0 aliphatic heterocycles. The molecular weight excluding hydrogens is 402 g/mol. The average molecular weight is 426 g/mol. The van der Waals surface area contributed by atoms with E-state index in [1.165, 1.54) is 14.2 Å². The van der Waals surface area contributed by atoms with Crippen molar-refractivity contribution in [3.63, 3.8) is 0 Å². The van der Waals surface area contributed by atoms with Gasteiger partial charge in [0.15, 0.2) is 0 Å². The number of nitrogens with one attached hydrogen (secondary N) is 1. The molecule has 1 heterocycles. The monoisotopic (exact) mass is 425 g/mol. The Labute approximate surface area is 181 Å². The Hall–Kier alpha value is -3.25. The molecular formula is C23H24ClN3O3. The Morgan fingerprint density at radius 2 is 1.70 bits per heavy atom. The molecule has 0 radical (unpaired) electrons. The molecule has 0 saturated carbocycles. The van der Waals surface area contributed by atoms with E-state index >= 15 is 0 Å². The fraction of sp³-hybridized carbons (Fsp3) is 0.217. The van der Waals surface area contributed by atoms with Gasteiger partial charge in [0.25, 0.3) is 5.91 Å². The van der Waals surface area contributed by atoms with Crippen LogP contribution < -0.4 is 14.9 Å². The summed E-state index contributed by atoms with van der Waals surface area (Å²) in [6, 6.07) is 12.9. The number of hydrazone groups is 1. The third-order valence-corrected chi connectivity index (χ3v) is 5.27. The van der Waals surface area contributed by atoms with Crippen molar-refractivity contribution in [3.05, 3.63) is 75.6 Å². The van der Waals surface area contributed by atoms with E-state index in [4.69, 9.17) is 21.1 Å². The summed E-state index contributed by atoms with van der Waals surface area (Å²) in [7, 11) is 3.07. The van der Waals surface area contributed by atoms with Crippen LogP contribution in [0.2, 0.25) is 5.02 Å². The van der Waals surface area contributed by atoms with Crippen LogP contribution in [0.4, 0.5) is 0 Å². The predicted molar refractivity (Wildman–Crippen MR) is 120 cm³/mol. The Bertz CT molecular complexity index is 1100. The SMILES string of the molecule is COc1cc(OC)cc(C(=O)N/N=C\c2cc(C)n(-c3ccc(C)c(Cl)c3)c2C)c1. The molecule has 30 heavy (non-hydrogen) atoms. The second-order valence-corrected chi connectivity index (χ2v) is 7.30. The lowest BCUT2D eigenvalue weighted by Gasteiger charge is -2.11. The number of halogens is 1. The number of carbonyl (C=O) groups is 1. The minimum Gasteiger partial charge on any atom is -0.497 e. The third-order valence-electron chi connectivity index (χ3n) is 4.87. The molecule has 0 bridgehead atoms. The second kappa shape index (κ2) is 9.05. The van der Waals surface area contributed by atoms with Gasteiger partial charge in [0.2, 0.25) is 0 Å². The van der Waals surface area contributed by atoms with Crippen molar-refractivity contribution in [1.82, 2.24) is 9.99 Å². The molecule has 0 aliphatic rings. The van der Waals surface area contributed by atoms with Crippen molar-refractivity contribution < 1.29 is 14.3 Å². The van der Waals surface area contributed by atoms with Crippen LogP contribution in [0.25, 0.3) is 5.69 Å². The number of aromatic nitrogens is 1. The van der Waals surface area contributed by atoms with E-state index in [1.54, 1.807) is 24.4 Å². The summed E-state index contributed by atoms with van der Waals surface area (Å²) in [5.74, 6) is 0.704. The highest BCUT2D eigenvalue weighted by Crippen LogP contribution is 2.25. The molecule has 0 fully saturated rings. The Morgan fingerprint density at radius 1 is 1.03 bits per heavy atom. The highest BCUT2D eigenvalue weighted by molar-refractivity contribution is 6.31. The van der Waals surface area contributed by atoms with E-state index in [1.807, 2.05) is 45.0 Å². The molecule has 1 amide bonds. The predicted octanol–water partition coefficient (Wildman–Crippen LogP) is 4.84. The summed E-state index contributed by atoms with van der Waals surface area (Å²) in [5.41, 5.74) is 7.88. The van der Waals surface area contributed by atoms with Gasteiger partial charge in [-0.05, 0) is 56.7 Å². The van der Waals surface area contributed by atoms with Crippen LogP contribution in [0.1, 0.15) is 32.9 Å². The van der Waals surface area contributed by atoms with E-state index in [0.29, 0.717) is 17.1 Å². The zero-order chi connectivity index (χ0) is 21.8. The van der Waals surface area contributed by atoms with Gasteiger partial charge in [-0.15, -0.1) is 0 Å². The zero-order valence-corrected chi connectivity index (χ0v) is 18.4. The molecule has 156 valence electrons. The lowest BCUT2D eigenvalue weighted by molar-refractivity contribution is 0.0954. The quantitative estimate of drug-likeness (QED) is 0.454. The first-order valence-corrected chi connectivity index (χ1v) is 9.73. The maximum Gasteiger partial charge on any atom is 0.271 e. The van der Waals surface area contributed by atoms with Gasteiger partial charge >= 0.3 is 0 Å². The lowest BCUT2D eigenvalue weighted by Crippen LogP contribution is -2.17. The summed E-state index contributed by atoms with van der Waals surface area (Å²) >= 11 is 6.29. The molecule has 2 aromatic carbocycles. The summed E-state index contributed by atoms with van der Waals surface area (Å²) < 4.78 is 12.5. The van der Waals surface area contributed by atoms with Crippen LogP contribution in [-0.2, 0) is 0 Å². The van der Waals surface area contributed by atoms with Crippen molar-refractivity contribution >= 4 is 23.7 Å². The first kappa shape index (κ1) is 21.5. The lowest BCUT2D eigenvalue weighted by atomic mass is 10.2. The number of nitrogens with zero attached hydrogens (tertiary/aromatic N) is 2. The average Bonchev–Trinajstić information content (AvgIpc) is 3.02. The van der Waals surface area contributed by atoms with E-state index in [-0.39, 0.29) is 5.91 Å². The number of rotatable bonds is 6. The number of hydrogen-bond donors (Lipinski definition) is 1. The van der Waals surface area contributed by atoms with Gasteiger partial charge in [0.05, 0.1) is 20.4 Å². The van der Waals surface area contributed by atoms with Gasteiger partial charge < -0.3 is 14.0 Å². The molecule has 3 rings (SSSR count). The molecule has 0 aliphatic carbocycles. The summed E-state index contributed by atoms with van der Waals surface area (Å²) in [4.78, 5) is 12.5. The molecule has 3 aromatic rings. The van der Waals surface area contributed by atoms with E-state index < -0.39 is 0 Å². The standard InChI is InChI=1S/C23H24ClN3O3/c1-14-6-7-19(11-22(14)24)27-15(2)8-18(16(27)3)13-25-26-23(28)17-9-20(29-4)12-21(10-17)30-5/h6-13H,1-5H3,(H,26,28)/b25-13-. The van der Waals surface area contributed by atoms with Crippen molar-refractivity contribution in [2.45, 2.75) is 20.8 Å². The zero-order valence-electron chi connectivity index (χ0n) is 17.6. The maximum atomic E-state index is 12.5. The maximum absolute atomic E-state index is 12.5. The molecule has 0 saturated heterocycles. The van der Waals surface area contributed by atoms with E-state index in [0.717, 1.165) is 33.2 Å². The first-order chi connectivity index (χ1) is 14.3. The Morgan fingerprint density at radius 3 is 2.30 bits per heavy atom. The Kier molecular flexibility index (Phi) is 6.47. The molecule has 0 spiro atoms. The van der Waals surface area contributed by atoms with Crippen LogP contribution in [0.15, 0.2) is 47.6 Å². The Balaban J connectivity index is 1.80. The molecule has 7 heteroatoms. The summed E-state index contributed by atoms with van der Waals surface area (Å²) in [5, 5.41) is 4.84. The largest absolute Gasteiger partial charge is 0.497 e. The highest BCUT2D eigenvalue weighted by atomic mass is 35.5. The van der Waals surface area contributed by atoms with Crippen molar-refractivity contribution in [1.29, 1.82) is 0 Å². The van der Waals surface area contributed by atoms with E-state index in [9.17, 15) is 4.79 Å². The molecule has 0 unspecified atom stereocenters. The van der Waals surface area contributed by atoms with Crippen LogP contribution in [0, 0.1) is 20.8 Å². The van der Waals surface area contributed by atoms with Crippen molar-refractivity contribution in [2.75, 3.05) is 14.2 Å². The van der Waals surface area contributed by atoms with Gasteiger partial charge in [-0.3, -0.25) is 4.79 Å². The number of hydrogen-bond acceptors (Lipinski definition) is 4.